The van der Waals surface area contributed by atoms with Crippen molar-refractivity contribution >= 4 is 5.97 Å². The molecular weight excluding hydrogens is 236 g/mol. The fourth-order valence-corrected chi connectivity index (χ4v) is 2.08. The molecule has 0 radical (unpaired) electrons. The summed E-state index contributed by atoms with van der Waals surface area (Å²) in [6.07, 6.45) is 1.07. The van der Waals surface area contributed by atoms with Crippen molar-refractivity contribution in [3.63, 3.8) is 0 Å². The molecular formula is C11H20N4O3. The Kier molecular flexibility index (Phi) is 5.91. The van der Waals surface area contributed by atoms with E-state index in [9.17, 15) is 4.79 Å². The number of esters is 1. The van der Waals surface area contributed by atoms with Gasteiger partial charge in [-0.25, -0.2) is 4.79 Å². The molecule has 7 heteroatoms. The summed E-state index contributed by atoms with van der Waals surface area (Å²) in [7, 11) is 0. The van der Waals surface area contributed by atoms with Crippen molar-refractivity contribution in [2.24, 2.45) is 5.11 Å². The van der Waals surface area contributed by atoms with Crippen LogP contribution in [0.1, 0.15) is 26.7 Å². The molecule has 0 spiro atoms. The molecule has 7 nitrogen and oxygen atoms in total. The molecule has 102 valence electrons. The second-order valence-corrected chi connectivity index (χ2v) is 4.19. The number of hydrogen-bond donors (Lipinski definition) is 1. The first-order chi connectivity index (χ1) is 8.67. The Morgan fingerprint density at radius 1 is 1.72 bits per heavy atom. The number of nitrogens with one attached hydrogen (secondary N) is 1. The Bertz CT molecular complexity index is 330. The third-order valence-electron chi connectivity index (χ3n) is 3.14. The van der Waals surface area contributed by atoms with Gasteiger partial charge in [0.25, 0.3) is 0 Å². The summed E-state index contributed by atoms with van der Waals surface area (Å²) in [5.41, 5.74) is 7.41. The lowest BCUT2D eigenvalue weighted by atomic mass is 9.92. The lowest BCUT2D eigenvalue weighted by Crippen LogP contribution is -2.57. The molecule has 0 bridgehead atoms. The van der Waals surface area contributed by atoms with Crippen LogP contribution in [-0.4, -0.2) is 43.9 Å². The lowest BCUT2D eigenvalue weighted by molar-refractivity contribution is -0.153. The third kappa shape index (κ3) is 3.35. The van der Waals surface area contributed by atoms with Crippen molar-refractivity contribution in [3.8, 4) is 0 Å². The summed E-state index contributed by atoms with van der Waals surface area (Å²) in [5.74, 6) is -0.265. The molecule has 0 aromatic heterocycles. The van der Waals surface area contributed by atoms with Gasteiger partial charge in [-0.05, 0) is 32.3 Å². The number of rotatable bonds is 7. The highest BCUT2D eigenvalue weighted by molar-refractivity contribution is 5.82. The van der Waals surface area contributed by atoms with Crippen molar-refractivity contribution in [3.05, 3.63) is 10.4 Å². The van der Waals surface area contributed by atoms with Crippen LogP contribution in [0.2, 0.25) is 0 Å². The van der Waals surface area contributed by atoms with Crippen molar-refractivity contribution in [2.75, 3.05) is 26.3 Å². The summed E-state index contributed by atoms with van der Waals surface area (Å²) < 4.78 is 10.6. The Balaban J connectivity index is 2.56. The molecule has 0 amide bonds. The zero-order valence-corrected chi connectivity index (χ0v) is 10.9. The van der Waals surface area contributed by atoms with Crippen LogP contribution in [0.5, 0.6) is 0 Å². The van der Waals surface area contributed by atoms with E-state index in [2.05, 4.69) is 15.3 Å². The molecule has 1 aliphatic heterocycles. The van der Waals surface area contributed by atoms with Crippen LogP contribution in [-0.2, 0) is 14.3 Å². The van der Waals surface area contributed by atoms with Gasteiger partial charge >= 0.3 is 5.97 Å². The molecule has 1 fully saturated rings. The quantitative estimate of drug-likeness (QED) is 0.245. The van der Waals surface area contributed by atoms with Gasteiger partial charge in [-0.1, -0.05) is 5.11 Å². The third-order valence-corrected chi connectivity index (χ3v) is 3.14. The largest absolute Gasteiger partial charge is 0.465 e. The van der Waals surface area contributed by atoms with E-state index >= 15 is 0 Å². The normalized spacial score (nSPS) is 26.7. The van der Waals surface area contributed by atoms with Gasteiger partial charge in [0.15, 0.2) is 0 Å². The maximum Gasteiger partial charge on any atom is 0.329 e. The molecule has 1 heterocycles. The number of hydrogen-bond acceptors (Lipinski definition) is 5. The Morgan fingerprint density at radius 2 is 2.50 bits per heavy atom. The molecule has 18 heavy (non-hydrogen) atoms. The summed E-state index contributed by atoms with van der Waals surface area (Å²) in [6.45, 7) is 5.55. The zero-order valence-electron chi connectivity index (χ0n) is 10.9. The van der Waals surface area contributed by atoms with E-state index in [1.807, 2.05) is 6.92 Å². The molecule has 0 saturated carbocycles. The van der Waals surface area contributed by atoms with Gasteiger partial charge in [-0.15, -0.1) is 0 Å². The van der Waals surface area contributed by atoms with Gasteiger partial charge < -0.3 is 9.47 Å². The number of ether oxygens (including phenoxy) is 2. The zero-order chi connectivity index (χ0) is 13.4. The Labute approximate surface area is 106 Å². The predicted octanol–water partition coefficient (Wildman–Crippen LogP) is 1.39. The van der Waals surface area contributed by atoms with E-state index in [1.165, 1.54) is 0 Å². The van der Waals surface area contributed by atoms with Gasteiger partial charge in [-0.3, -0.25) is 5.32 Å². The van der Waals surface area contributed by atoms with E-state index in [4.69, 9.17) is 15.0 Å². The smallest absolute Gasteiger partial charge is 0.329 e. The van der Waals surface area contributed by atoms with Crippen molar-refractivity contribution in [1.29, 1.82) is 0 Å². The van der Waals surface area contributed by atoms with E-state index in [1.54, 1.807) is 6.92 Å². The van der Waals surface area contributed by atoms with Gasteiger partial charge in [0, 0.05) is 24.5 Å². The minimum absolute atomic E-state index is 0.212. The maximum absolute atomic E-state index is 12.1. The first-order valence-electron chi connectivity index (χ1n) is 6.22. The molecule has 2 atom stereocenters. The van der Waals surface area contributed by atoms with Gasteiger partial charge in [-0.2, -0.15) is 0 Å². The van der Waals surface area contributed by atoms with E-state index in [0.29, 0.717) is 39.1 Å². The van der Waals surface area contributed by atoms with Crippen LogP contribution < -0.4 is 5.32 Å². The molecule has 2 unspecified atom stereocenters. The van der Waals surface area contributed by atoms with E-state index < -0.39 is 5.54 Å². The lowest BCUT2D eigenvalue weighted by Gasteiger charge is -2.30. The SMILES string of the molecule is CCOC(=O)C1(NCCCN=[N+]=[N-])CCOC1C. The van der Waals surface area contributed by atoms with Crippen molar-refractivity contribution < 1.29 is 14.3 Å². The molecule has 1 N–H and O–H groups in total. The van der Waals surface area contributed by atoms with Crippen LogP contribution in [0.15, 0.2) is 5.11 Å². The number of carbonyl (C=O) groups excluding carboxylic acids is 1. The minimum Gasteiger partial charge on any atom is -0.465 e. The fraction of sp³-hybridized carbons (Fsp3) is 0.909. The first kappa shape index (κ1) is 14.8. The van der Waals surface area contributed by atoms with Crippen LogP contribution >= 0.6 is 0 Å². The summed E-state index contributed by atoms with van der Waals surface area (Å²) in [5, 5.41) is 6.66. The minimum atomic E-state index is -0.758. The Morgan fingerprint density at radius 3 is 3.06 bits per heavy atom. The second-order valence-electron chi connectivity index (χ2n) is 4.19. The second kappa shape index (κ2) is 7.20. The number of carbonyl (C=O) groups is 1. The van der Waals surface area contributed by atoms with Crippen LogP contribution in [0.3, 0.4) is 0 Å². The van der Waals surface area contributed by atoms with E-state index in [0.717, 1.165) is 0 Å². The van der Waals surface area contributed by atoms with E-state index in [-0.39, 0.29) is 12.1 Å². The monoisotopic (exact) mass is 256 g/mol. The summed E-state index contributed by atoms with van der Waals surface area (Å²) in [4.78, 5) is 14.7. The molecule has 0 aromatic carbocycles. The molecule has 1 aliphatic rings. The van der Waals surface area contributed by atoms with Crippen LogP contribution in [0.25, 0.3) is 10.4 Å². The van der Waals surface area contributed by atoms with Gasteiger partial charge in [0.2, 0.25) is 0 Å². The van der Waals surface area contributed by atoms with Crippen molar-refractivity contribution in [1.82, 2.24) is 5.32 Å². The van der Waals surface area contributed by atoms with Crippen LogP contribution in [0.4, 0.5) is 0 Å². The standard InChI is InChI=1S/C11H20N4O3/c1-3-17-10(16)11(5-8-18-9(11)2)13-6-4-7-14-15-12/h9,13H,3-8H2,1-2H3. The highest BCUT2D eigenvalue weighted by Crippen LogP contribution is 2.27. The van der Waals surface area contributed by atoms with Gasteiger partial charge in [0.1, 0.15) is 5.54 Å². The maximum atomic E-state index is 12.1. The molecule has 0 aromatic rings. The molecule has 0 aliphatic carbocycles. The highest BCUT2D eigenvalue weighted by atomic mass is 16.5. The van der Waals surface area contributed by atoms with Crippen LogP contribution in [0, 0.1) is 0 Å². The van der Waals surface area contributed by atoms with Gasteiger partial charge in [0.05, 0.1) is 12.7 Å². The Hall–Kier alpha value is -1.30. The summed E-state index contributed by atoms with van der Waals surface area (Å²) in [6, 6.07) is 0. The predicted molar refractivity (Wildman–Crippen MR) is 66.0 cm³/mol. The topological polar surface area (TPSA) is 96.3 Å². The molecule has 1 rings (SSSR count). The fourth-order valence-electron chi connectivity index (χ4n) is 2.08. The average molecular weight is 256 g/mol. The highest BCUT2D eigenvalue weighted by Gasteiger charge is 2.48. The number of nitrogens with zero attached hydrogens (tertiary/aromatic N) is 3. The number of azide groups is 1. The molecule has 1 saturated heterocycles. The first-order valence-corrected chi connectivity index (χ1v) is 6.22. The van der Waals surface area contributed by atoms with Crippen molar-refractivity contribution in [2.45, 2.75) is 38.3 Å². The summed E-state index contributed by atoms with van der Waals surface area (Å²) >= 11 is 0. The average Bonchev–Trinajstić information content (AvgIpc) is 2.72.